The molecule has 3 heteroatoms. The molecular formula is C12H21NO2. The molecule has 1 amide bonds. The highest BCUT2D eigenvalue weighted by Gasteiger charge is 2.18. The molecule has 1 aliphatic carbocycles. The molecule has 1 rings (SSSR count). The van der Waals surface area contributed by atoms with Gasteiger partial charge in [0.25, 0.3) is 0 Å². The molecule has 1 aliphatic rings. The van der Waals surface area contributed by atoms with Crippen LogP contribution in [0.1, 0.15) is 39.5 Å². The standard InChI is InChI=1S/C12H21NO2/c1-9-4-6-11(7-5-9)13-12(14)8-10(2)15-3/h8-9,11H,4-7H2,1-3H3,(H,13,14)/b10-8-. The zero-order chi connectivity index (χ0) is 11.3. The van der Waals surface area contributed by atoms with E-state index in [4.69, 9.17) is 4.74 Å². The van der Waals surface area contributed by atoms with Crippen molar-refractivity contribution in [3.05, 3.63) is 11.8 Å². The van der Waals surface area contributed by atoms with Crippen LogP contribution in [0, 0.1) is 5.92 Å². The fraction of sp³-hybridized carbons (Fsp3) is 0.750. The monoisotopic (exact) mass is 211 g/mol. The van der Waals surface area contributed by atoms with Gasteiger partial charge in [0, 0.05) is 12.1 Å². The van der Waals surface area contributed by atoms with Gasteiger partial charge in [0.05, 0.1) is 12.9 Å². The van der Waals surface area contributed by atoms with Gasteiger partial charge in [0.15, 0.2) is 0 Å². The second-order valence-electron chi connectivity index (χ2n) is 4.42. The summed E-state index contributed by atoms with van der Waals surface area (Å²) in [6.45, 7) is 4.05. The lowest BCUT2D eigenvalue weighted by molar-refractivity contribution is -0.117. The van der Waals surface area contributed by atoms with E-state index in [1.807, 2.05) is 0 Å². The third-order valence-electron chi connectivity index (χ3n) is 3.02. The van der Waals surface area contributed by atoms with Gasteiger partial charge in [-0.05, 0) is 38.5 Å². The first-order valence-electron chi connectivity index (χ1n) is 5.64. The Bertz CT molecular complexity index is 240. The topological polar surface area (TPSA) is 38.3 Å². The number of carbonyl (C=O) groups is 1. The molecule has 0 aliphatic heterocycles. The van der Waals surface area contributed by atoms with Crippen molar-refractivity contribution in [1.82, 2.24) is 5.32 Å². The number of ether oxygens (including phenoxy) is 1. The molecule has 3 nitrogen and oxygen atoms in total. The lowest BCUT2D eigenvalue weighted by Gasteiger charge is -2.26. The van der Waals surface area contributed by atoms with Gasteiger partial charge < -0.3 is 10.1 Å². The summed E-state index contributed by atoms with van der Waals surface area (Å²) < 4.78 is 4.93. The second kappa shape index (κ2) is 5.79. The fourth-order valence-electron chi connectivity index (χ4n) is 1.89. The number of carbonyl (C=O) groups excluding carboxylic acids is 1. The van der Waals surface area contributed by atoms with Crippen LogP contribution in [0.15, 0.2) is 11.8 Å². The zero-order valence-electron chi connectivity index (χ0n) is 9.88. The lowest BCUT2D eigenvalue weighted by Crippen LogP contribution is -2.36. The van der Waals surface area contributed by atoms with Gasteiger partial charge in [-0.1, -0.05) is 6.92 Å². The van der Waals surface area contributed by atoms with E-state index in [1.54, 1.807) is 14.0 Å². The Morgan fingerprint density at radius 2 is 1.93 bits per heavy atom. The van der Waals surface area contributed by atoms with E-state index in [1.165, 1.54) is 18.9 Å². The Morgan fingerprint density at radius 1 is 1.33 bits per heavy atom. The Labute approximate surface area is 91.9 Å². The van der Waals surface area contributed by atoms with Crippen LogP contribution in [-0.4, -0.2) is 19.1 Å². The molecule has 0 bridgehead atoms. The summed E-state index contributed by atoms with van der Waals surface area (Å²) in [7, 11) is 1.57. The minimum Gasteiger partial charge on any atom is -0.501 e. The molecule has 0 aromatic heterocycles. The first-order valence-corrected chi connectivity index (χ1v) is 5.64. The Kier molecular flexibility index (Phi) is 4.66. The van der Waals surface area contributed by atoms with E-state index < -0.39 is 0 Å². The normalized spacial score (nSPS) is 27.3. The van der Waals surface area contributed by atoms with E-state index in [-0.39, 0.29) is 5.91 Å². The molecule has 0 unspecified atom stereocenters. The predicted octanol–water partition coefficient (Wildman–Crippen LogP) is 2.23. The summed E-state index contributed by atoms with van der Waals surface area (Å²) in [4.78, 5) is 11.5. The Hall–Kier alpha value is -0.990. The van der Waals surface area contributed by atoms with Crippen LogP contribution in [0.5, 0.6) is 0 Å². The number of methoxy groups -OCH3 is 1. The van der Waals surface area contributed by atoms with Crippen LogP contribution >= 0.6 is 0 Å². The molecular weight excluding hydrogens is 190 g/mol. The number of nitrogens with one attached hydrogen (secondary N) is 1. The summed E-state index contributed by atoms with van der Waals surface area (Å²) in [6.07, 6.45) is 6.16. The molecule has 86 valence electrons. The highest BCUT2D eigenvalue weighted by Crippen LogP contribution is 2.23. The van der Waals surface area contributed by atoms with Gasteiger partial charge in [0.1, 0.15) is 0 Å². The van der Waals surface area contributed by atoms with E-state index in [0.29, 0.717) is 11.8 Å². The molecule has 0 saturated heterocycles. The van der Waals surface area contributed by atoms with E-state index in [9.17, 15) is 4.79 Å². The predicted molar refractivity (Wildman–Crippen MR) is 60.3 cm³/mol. The van der Waals surface area contributed by atoms with Crippen molar-refractivity contribution in [3.63, 3.8) is 0 Å². The minimum atomic E-state index is -0.0334. The molecule has 0 heterocycles. The lowest BCUT2D eigenvalue weighted by atomic mass is 9.87. The fourth-order valence-corrected chi connectivity index (χ4v) is 1.89. The first-order chi connectivity index (χ1) is 7.11. The number of hydrogen-bond acceptors (Lipinski definition) is 2. The number of hydrogen-bond donors (Lipinski definition) is 1. The zero-order valence-corrected chi connectivity index (χ0v) is 9.88. The van der Waals surface area contributed by atoms with Gasteiger partial charge in [-0.15, -0.1) is 0 Å². The van der Waals surface area contributed by atoms with Gasteiger partial charge in [0.2, 0.25) is 5.91 Å². The van der Waals surface area contributed by atoms with Crippen molar-refractivity contribution in [1.29, 1.82) is 0 Å². The highest BCUT2D eigenvalue weighted by molar-refractivity contribution is 5.88. The average molecular weight is 211 g/mol. The van der Waals surface area contributed by atoms with Gasteiger partial charge >= 0.3 is 0 Å². The van der Waals surface area contributed by atoms with Crippen LogP contribution < -0.4 is 5.32 Å². The SMILES string of the molecule is CO/C(C)=C\C(=O)NC1CCC(C)CC1. The summed E-state index contributed by atoms with van der Waals surface area (Å²) in [5.74, 6) is 1.43. The number of amides is 1. The largest absolute Gasteiger partial charge is 0.501 e. The maximum absolute atomic E-state index is 11.5. The Morgan fingerprint density at radius 3 is 2.47 bits per heavy atom. The molecule has 0 radical (unpaired) electrons. The van der Waals surface area contributed by atoms with E-state index >= 15 is 0 Å². The van der Waals surface area contributed by atoms with Crippen molar-refractivity contribution in [3.8, 4) is 0 Å². The van der Waals surface area contributed by atoms with Crippen LogP contribution in [0.4, 0.5) is 0 Å². The quantitative estimate of drug-likeness (QED) is 0.574. The first kappa shape index (κ1) is 12.1. The minimum absolute atomic E-state index is 0.0334. The summed E-state index contributed by atoms with van der Waals surface area (Å²) in [5, 5.41) is 3.01. The van der Waals surface area contributed by atoms with Gasteiger partial charge in [-0.2, -0.15) is 0 Å². The maximum Gasteiger partial charge on any atom is 0.247 e. The molecule has 15 heavy (non-hydrogen) atoms. The van der Waals surface area contributed by atoms with Gasteiger partial charge in [-0.3, -0.25) is 4.79 Å². The number of allylic oxidation sites excluding steroid dienone is 1. The molecule has 0 aromatic rings. The van der Waals surface area contributed by atoms with Crippen molar-refractivity contribution in [2.45, 2.75) is 45.6 Å². The average Bonchev–Trinajstić information content (AvgIpc) is 2.21. The smallest absolute Gasteiger partial charge is 0.247 e. The van der Waals surface area contributed by atoms with E-state index in [2.05, 4.69) is 12.2 Å². The van der Waals surface area contributed by atoms with Crippen LogP contribution in [-0.2, 0) is 9.53 Å². The summed E-state index contributed by atoms with van der Waals surface area (Å²) in [6, 6.07) is 0.356. The van der Waals surface area contributed by atoms with Crippen molar-refractivity contribution in [2.24, 2.45) is 5.92 Å². The van der Waals surface area contributed by atoms with Crippen LogP contribution in [0.2, 0.25) is 0 Å². The molecule has 0 atom stereocenters. The van der Waals surface area contributed by atoms with Crippen molar-refractivity contribution >= 4 is 5.91 Å². The molecule has 0 spiro atoms. The number of rotatable bonds is 3. The Balaban J connectivity index is 2.32. The third kappa shape index (κ3) is 4.36. The summed E-state index contributed by atoms with van der Waals surface area (Å²) in [5.41, 5.74) is 0. The highest BCUT2D eigenvalue weighted by atomic mass is 16.5. The third-order valence-corrected chi connectivity index (χ3v) is 3.02. The summed E-state index contributed by atoms with van der Waals surface area (Å²) >= 11 is 0. The second-order valence-corrected chi connectivity index (χ2v) is 4.42. The van der Waals surface area contributed by atoms with E-state index in [0.717, 1.165) is 18.8 Å². The van der Waals surface area contributed by atoms with Crippen molar-refractivity contribution in [2.75, 3.05) is 7.11 Å². The van der Waals surface area contributed by atoms with Crippen molar-refractivity contribution < 1.29 is 9.53 Å². The van der Waals surface area contributed by atoms with Gasteiger partial charge in [-0.25, -0.2) is 0 Å². The molecule has 1 fully saturated rings. The molecule has 1 saturated carbocycles. The molecule has 0 aromatic carbocycles. The molecule has 1 N–H and O–H groups in total. The van der Waals surface area contributed by atoms with Crippen LogP contribution in [0.25, 0.3) is 0 Å². The maximum atomic E-state index is 11.5. The van der Waals surface area contributed by atoms with Crippen LogP contribution in [0.3, 0.4) is 0 Å².